The SMILES string of the molecule is O=C(c1c[nH]c2cccc(Br)c12)N1CCC(F)(C(=O)O)C1. The number of hydrogen-bond donors (Lipinski definition) is 2. The van der Waals surface area contributed by atoms with Crippen molar-refractivity contribution in [3.05, 3.63) is 34.4 Å². The molecule has 1 aliphatic heterocycles. The zero-order valence-electron chi connectivity index (χ0n) is 10.9. The standard InChI is InChI=1S/C14H12BrFN2O3/c15-9-2-1-3-10-11(9)8(6-17-10)12(19)18-5-4-14(16,7-18)13(20)21/h1-3,6,17H,4-5,7H2,(H,20,21). The molecule has 0 spiro atoms. The average molecular weight is 355 g/mol. The Bertz CT molecular complexity index is 745. The molecule has 1 amide bonds. The summed E-state index contributed by atoms with van der Waals surface area (Å²) in [5.74, 6) is -1.88. The Morgan fingerprint density at radius 3 is 2.86 bits per heavy atom. The minimum Gasteiger partial charge on any atom is -0.479 e. The predicted molar refractivity (Wildman–Crippen MR) is 78.0 cm³/mol. The van der Waals surface area contributed by atoms with Crippen LogP contribution in [0.4, 0.5) is 4.39 Å². The molecule has 1 aliphatic rings. The zero-order valence-corrected chi connectivity index (χ0v) is 12.5. The predicted octanol–water partition coefficient (Wildman–Crippen LogP) is 2.57. The summed E-state index contributed by atoms with van der Waals surface area (Å²) in [5.41, 5.74) is -1.15. The summed E-state index contributed by atoms with van der Waals surface area (Å²) in [4.78, 5) is 27.7. The van der Waals surface area contributed by atoms with Gasteiger partial charge in [0.25, 0.3) is 5.91 Å². The van der Waals surface area contributed by atoms with E-state index in [0.717, 1.165) is 9.99 Å². The number of carboxylic acids is 1. The van der Waals surface area contributed by atoms with Gasteiger partial charge in [0.2, 0.25) is 5.67 Å². The number of fused-ring (bicyclic) bond motifs is 1. The highest BCUT2D eigenvalue weighted by molar-refractivity contribution is 9.10. The van der Waals surface area contributed by atoms with Crippen molar-refractivity contribution in [3.8, 4) is 0 Å². The Balaban J connectivity index is 1.94. The van der Waals surface area contributed by atoms with Gasteiger partial charge >= 0.3 is 5.97 Å². The number of nitrogens with zero attached hydrogens (tertiary/aromatic N) is 1. The lowest BCUT2D eigenvalue weighted by molar-refractivity contribution is -0.149. The van der Waals surface area contributed by atoms with Crippen LogP contribution in [0.2, 0.25) is 0 Å². The van der Waals surface area contributed by atoms with Gasteiger partial charge in [-0.3, -0.25) is 4.79 Å². The van der Waals surface area contributed by atoms with Crippen molar-refractivity contribution in [2.24, 2.45) is 0 Å². The minimum atomic E-state index is -2.35. The lowest BCUT2D eigenvalue weighted by Gasteiger charge is -2.17. The van der Waals surface area contributed by atoms with Gasteiger partial charge in [-0.2, -0.15) is 0 Å². The molecule has 1 saturated heterocycles. The molecule has 3 rings (SSSR count). The Morgan fingerprint density at radius 1 is 1.43 bits per heavy atom. The molecule has 2 N–H and O–H groups in total. The van der Waals surface area contributed by atoms with E-state index in [4.69, 9.17) is 5.11 Å². The van der Waals surface area contributed by atoms with Crippen LogP contribution >= 0.6 is 15.9 Å². The number of aromatic amines is 1. The number of alkyl halides is 1. The van der Waals surface area contributed by atoms with E-state index in [2.05, 4.69) is 20.9 Å². The maximum Gasteiger partial charge on any atom is 0.343 e. The third-order valence-electron chi connectivity index (χ3n) is 3.78. The van der Waals surface area contributed by atoms with E-state index in [1.807, 2.05) is 18.2 Å². The van der Waals surface area contributed by atoms with E-state index in [0.29, 0.717) is 10.9 Å². The Labute approximate surface area is 127 Å². The topological polar surface area (TPSA) is 73.4 Å². The highest BCUT2D eigenvalue weighted by atomic mass is 79.9. The first-order valence-corrected chi connectivity index (χ1v) is 7.19. The molecule has 7 heteroatoms. The number of hydrogen-bond acceptors (Lipinski definition) is 2. The lowest BCUT2D eigenvalue weighted by Crippen LogP contribution is -2.38. The number of carbonyl (C=O) groups is 2. The molecule has 110 valence electrons. The second-order valence-corrected chi connectivity index (χ2v) is 5.97. The number of H-pyrrole nitrogens is 1. The van der Waals surface area contributed by atoms with Crippen molar-refractivity contribution in [2.45, 2.75) is 12.1 Å². The fraction of sp³-hybridized carbons (Fsp3) is 0.286. The Morgan fingerprint density at radius 2 is 2.19 bits per heavy atom. The minimum absolute atomic E-state index is 0.0960. The molecule has 2 aromatic rings. The number of rotatable bonds is 2. The van der Waals surface area contributed by atoms with Crippen LogP contribution in [0.5, 0.6) is 0 Å². The second kappa shape index (κ2) is 4.84. The summed E-state index contributed by atoms with van der Waals surface area (Å²) >= 11 is 3.39. The highest BCUT2D eigenvalue weighted by Crippen LogP contribution is 2.31. The van der Waals surface area contributed by atoms with Crippen LogP contribution < -0.4 is 0 Å². The summed E-state index contributed by atoms with van der Waals surface area (Å²) in [6.45, 7) is -0.322. The molecule has 1 aromatic heterocycles. The van der Waals surface area contributed by atoms with Gasteiger partial charge in [-0.05, 0) is 12.1 Å². The smallest absolute Gasteiger partial charge is 0.343 e. The van der Waals surface area contributed by atoms with Crippen molar-refractivity contribution in [1.82, 2.24) is 9.88 Å². The number of aromatic nitrogens is 1. The molecule has 21 heavy (non-hydrogen) atoms. The van der Waals surface area contributed by atoms with E-state index in [-0.39, 0.29) is 18.9 Å². The largest absolute Gasteiger partial charge is 0.479 e. The van der Waals surface area contributed by atoms with E-state index in [1.165, 1.54) is 4.90 Å². The molecule has 1 aromatic carbocycles. The maximum absolute atomic E-state index is 14.1. The molecule has 0 bridgehead atoms. The van der Waals surface area contributed by atoms with Crippen LogP contribution in [0, 0.1) is 0 Å². The van der Waals surface area contributed by atoms with Crippen molar-refractivity contribution in [2.75, 3.05) is 13.1 Å². The molecule has 1 unspecified atom stereocenters. The summed E-state index contributed by atoms with van der Waals surface area (Å²) < 4.78 is 14.8. The van der Waals surface area contributed by atoms with Crippen LogP contribution in [0.3, 0.4) is 0 Å². The summed E-state index contributed by atoms with van der Waals surface area (Å²) in [6.07, 6.45) is 1.38. The van der Waals surface area contributed by atoms with Crippen LogP contribution in [0.1, 0.15) is 16.8 Å². The van der Waals surface area contributed by atoms with Crippen LogP contribution in [0.25, 0.3) is 10.9 Å². The van der Waals surface area contributed by atoms with Gasteiger partial charge in [0.1, 0.15) is 0 Å². The van der Waals surface area contributed by atoms with Gasteiger partial charge in [0, 0.05) is 34.5 Å². The second-order valence-electron chi connectivity index (χ2n) is 5.11. The van der Waals surface area contributed by atoms with E-state index in [1.54, 1.807) is 6.20 Å². The molecule has 1 atom stereocenters. The van der Waals surface area contributed by atoms with Crippen LogP contribution in [-0.4, -0.2) is 45.6 Å². The third kappa shape index (κ3) is 2.21. The molecule has 0 aliphatic carbocycles. The fourth-order valence-corrected chi connectivity index (χ4v) is 3.18. The number of halogens is 2. The van der Waals surface area contributed by atoms with Crippen molar-refractivity contribution in [1.29, 1.82) is 0 Å². The van der Waals surface area contributed by atoms with Gasteiger partial charge in [0.15, 0.2) is 0 Å². The highest BCUT2D eigenvalue weighted by Gasteiger charge is 2.47. The van der Waals surface area contributed by atoms with Gasteiger partial charge < -0.3 is 15.0 Å². The fourth-order valence-electron chi connectivity index (χ4n) is 2.60. The first-order chi connectivity index (χ1) is 9.92. The van der Waals surface area contributed by atoms with Crippen LogP contribution in [0.15, 0.2) is 28.9 Å². The Hall–Kier alpha value is -1.89. The molecule has 0 radical (unpaired) electrons. The number of carboxylic acid groups (broad SMARTS) is 1. The summed E-state index contributed by atoms with van der Waals surface area (Å²) in [6, 6.07) is 5.48. The number of carbonyl (C=O) groups excluding carboxylic acids is 1. The van der Waals surface area contributed by atoms with Crippen molar-refractivity contribution in [3.63, 3.8) is 0 Å². The van der Waals surface area contributed by atoms with Gasteiger partial charge in [-0.15, -0.1) is 0 Å². The quantitative estimate of drug-likeness (QED) is 0.870. The van der Waals surface area contributed by atoms with E-state index >= 15 is 0 Å². The number of nitrogens with one attached hydrogen (secondary N) is 1. The molecule has 0 saturated carbocycles. The average Bonchev–Trinajstić information content (AvgIpc) is 3.04. The van der Waals surface area contributed by atoms with Gasteiger partial charge in [-0.1, -0.05) is 22.0 Å². The number of benzene rings is 1. The van der Waals surface area contributed by atoms with Gasteiger partial charge in [0.05, 0.1) is 12.1 Å². The maximum atomic E-state index is 14.1. The molecular weight excluding hydrogens is 343 g/mol. The zero-order chi connectivity index (χ0) is 15.2. The molecule has 2 heterocycles. The number of amides is 1. The number of aliphatic carboxylic acids is 1. The first-order valence-electron chi connectivity index (χ1n) is 6.39. The number of likely N-dealkylation sites (tertiary alicyclic amines) is 1. The van der Waals surface area contributed by atoms with Gasteiger partial charge in [-0.25, -0.2) is 9.18 Å². The van der Waals surface area contributed by atoms with E-state index in [9.17, 15) is 14.0 Å². The lowest BCUT2D eigenvalue weighted by atomic mass is 10.1. The summed E-state index contributed by atoms with van der Waals surface area (Å²) in [7, 11) is 0. The summed E-state index contributed by atoms with van der Waals surface area (Å²) in [5, 5.41) is 9.61. The molecular formula is C14H12BrFN2O3. The first kappa shape index (κ1) is 14.1. The monoisotopic (exact) mass is 354 g/mol. The normalized spacial score (nSPS) is 21.9. The Kier molecular flexibility index (Phi) is 3.24. The van der Waals surface area contributed by atoms with E-state index < -0.39 is 18.2 Å². The third-order valence-corrected chi connectivity index (χ3v) is 4.44. The molecule has 1 fully saturated rings. The van der Waals surface area contributed by atoms with Crippen molar-refractivity contribution >= 4 is 38.7 Å². The molecule has 5 nitrogen and oxygen atoms in total. The van der Waals surface area contributed by atoms with Crippen molar-refractivity contribution < 1.29 is 19.1 Å². The van der Waals surface area contributed by atoms with Crippen LogP contribution in [-0.2, 0) is 4.79 Å².